The van der Waals surface area contributed by atoms with Gasteiger partial charge >= 0.3 is 5.97 Å². The molecule has 108 valence electrons. The van der Waals surface area contributed by atoms with Gasteiger partial charge < -0.3 is 4.74 Å². The number of hydrogen-bond acceptors (Lipinski definition) is 4. The summed E-state index contributed by atoms with van der Waals surface area (Å²) in [6.07, 6.45) is 3.77. The SMILES string of the molecule is CCOC(=O)C(C)(C#N)Cc1cnn(-c2ccccc2)c1. The zero-order valence-electron chi connectivity index (χ0n) is 12.1. The Hall–Kier alpha value is -2.61. The van der Waals surface area contributed by atoms with Crippen LogP contribution in [0.4, 0.5) is 0 Å². The molecule has 0 aliphatic carbocycles. The minimum atomic E-state index is -1.19. The number of hydrogen-bond donors (Lipinski definition) is 0. The van der Waals surface area contributed by atoms with E-state index in [0.29, 0.717) is 0 Å². The molecule has 0 N–H and O–H groups in total. The Kier molecular flexibility index (Phi) is 4.39. The number of carbonyl (C=O) groups excluding carboxylic acids is 1. The fraction of sp³-hybridized carbons (Fsp3) is 0.312. The molecule has 5 heteroatoms. The second kappa shape index (κ2) is 6.23. The van der Waals surface area contributed by atoms with Crippen LogP contribution in [0.25, 0.3) is 5.69 Å². The van der Waals surface area contributed by atoms with E-state index in [9.17, 15) is 10.1 Å². The zero-order valence-corrected chi connectivity index (χ0v) is 12.1. The van der Waals surface area contributed by atoms with Crippen molar-refractivity contribution in [3.8, 4) is 11.8 Å². The Morgan fingerprint density at radius 1 is 1.43 bits per heavy atom. The summed E-state index contributed by atoms with van der Waals surface area (Å²) in [4.78, 5) is 11.9. The van der Waals surface area contributed by atoms with Crippen LogP contribution in [0.1, 0.15) is 19.4 Å². The molecule has 0 spiro atoms. The van der Waals surface area contributed by atoms with Crippen LogP contribution in [0, 0.1) is 16.7 Å². The molecule has 0 fully saturated rings. The van der Waals surface area contributed by atoms with Crippen LogP contribution in [0.2, 0.25) is 0 Å². The molecule has 0 aliphatic rings. The van der Waals surface area contributed by atoms with Gasteiger partial charge in [0.05, 0.1) is 24.6 Å². The van der Waals surface area contributed by atoms with Gasteiger partial charge in [-0.15, -0.1) is 0 Å². The maximum Gasteiger partial charge on any atom is 0.326 e. The predicted molar refractivity (Wildman–Crippen MR) is 77.6 cm³/mol. The zero-order chi connectivity index (χ0) is 15.3. The van der Waals surface area contributed by atoms with Crippen LogP contribution >= 0.6 is 0 Å². The van der Waals surface area contributed by atoms with Crippen LogP contribution < -0.4 is 0 Å². The van der Waals surface area contributed by atoms with E-state index in [-0.39, 0.29) is 13.0 Å². The highest BCUT2D eigenvalue weighted by atomic mass is 16.5. The fourth-order valence-corrected chi connectivity index (χ4v) is 2.03. The number of aromatic nitrogens is 2. The third-order valence-electron chi connectivity index (χ3n) is 3.19. The Labute approximate surface area is 123 Å². The van der Waals surface area contributed by atoms with Gasteiger partial charge in [0.25, 0.3) is 0 Å². The molecule has 5 nitrogen and oxygen atoms in total. The van der Waals surface area contributed by atoms with Gasteiger partial charge in [0.1, 0.15) is 0 Å². The van der Waals surface area contributed by atoms with E-state index < -0.39 is 11.4 Å². The number of nitriles is 1. The molecule has 1 aromatic heterocycles. The molecule has 0 radical (unpaired) electrons. The molecule has 1 heterocycles. The van der Waals surface area contributed by atoms with Gasteiger partial charge in [0.15, 0.2) is 5.41 Å². The molecule has 0 saturated heterocycles. The normalized spacial score (nSPS) is 13.2. The predicted octanol–water partition coefficient (Wildman–Crippen LogP) is 2.51. The molecular formula is C16H17N3O2. The molecule has 0 aliphatic heterocycles. The molecule has 1 unspecified atom stereocenters. The summed E-state index contributed by atoms with van der Waals surface area (Å²) in [5.74, 6) is -0.500. The highest BCUT2D eigenvalue weighted by Gasteiger charge is 2.35. The first-order chi connectivity index (χ1) is 10.1. The maximum atomic E-state index is 11.9. The standard InChI is InChI=1S/C16H17N3O2/c1-3-21-15(20)16(2,12-17)9-13-10-18-19(11-13)14-7-5-4-6-8-14/h4-8,10-11H,3,9H2,1-2H3. The Morgan fingerprint density at radius 2 is 2.14 bits per heavy atom. The fourth-order valence-electron chi connectivity index (χ4n) is 2.03. The van der Waals surface area contributed by atoms with Gasteiger partial charge in [-0.3, -0.25) is 4.79 Å². The highest BCUT2D eigenvalue weighted by molar-refractivity contribution is 5.79. The van der Waals surface area contributed by atoms with Gasteiger partial charge in [0.2, 0.25) is 0 Å². The lowest BCUT2D eigenvalue weighted by atomic mass is 9.86. The van der Waals surface area contributed by atoms with E-state index in [1.807, 2.05) is 42.6 Å². The van der Waals surface area contributed by atoms with Crippen molar-refractivity contribution in [2.75, 3.05) is 6.61 Å². The van der Waals surface area contributed by atoms with Gasteiger partial charge in [-0.2, -0.15) is 10.4 Å². The molecule has 2 rings (SSSR count). The van der Waals surface area contributed by atoms with Crippen molar-refractivity contribution >= 4 is 5.97 Å². The molecule has 21 heavy (non-hydrogen) atoms. The number of esters is 1. The largest absolute Gasteiger partial charge is 0.465 e. The Balaban J connectivity index is 2.19. The van der Waals surface area contributed by atoms with E-state index in [1.165, 1.54) is 0 Å². The summed E-state index contributed by atoms with van der Waals surface area (Å²) in [5.41, 5.74) is 0.551. The lowest BCUT2D eigenvalue weighted by molar-refractivity contribution is -0.151. The van der Waals surface area contributed by atoms with E-state index in [4.69, 9.17) is 4.74 Å². The lowest BCUT2D eigenvalue weighted by Crippen LogP contribution is -2.30. The molecule has 0 bridgehead atoms. The lowest BCUT2D eigenvalue weighted by Gasteiger charge is -2.18. The summed E-state index contributed by atoms with van der Waals surface area (Å²) in [6, 6.07) is 11.7. The number of para-hydroxylation sites is 1. The summed E-state index contributed by atoms with van der Waals surface area (Å²) in [6.45, 7) is 3.58. The van der Waals surface area contributed by atoms with Crippen LogP contribution in [0.3, 0.4) is 0 Å². The molecular weight excluding hydrogens is 266 g/mol. The van der Waals surface area contributed by atoms with Crippen molar-refractivity contribution in [2.45, 2.75) is 20.3 Å². The van der Waals surface area contributed by atoms with E-state index in [2.05, 4.69) is 5.10 Å². The topological polar surface area (TPSA) is 67.9 Å². The Bertz CT molecular complexity index is 658. The van der Waals surface area contributed by atoms with Gasteiger partial charge in [-0.1, -0.05) is 18.2 Å². The maximum absolute atomic E-state index is 11.9. The second-order valence-corrected chi connectivity index (χ2v) is 4.97. The van der Waals surface area contributed by atoms with Gasteiger partial charge in [0, 0.05) is 12.6 Å². The van der Waals surface area contributed by atoms with Crippen molar-refractivity contribution in [3.63, 3.8) is 0 Å². The van der Waals surface area contributed by atoms with E-state index >= 15 is 0 Å². The first kappa shape index (κ1) is 14.8. The summed E-state index contributed by atoms with van der Waals surface area (Å²) in [5, 5.41) is 13.6. The van der Waals surface area contributed by atoms with Crippen molar-refractivity contribution in [1.29, 1.82) is 5.26 Å². The monoisotopic (exact) mass is 283 g/mol. The smallest absolute Gasteiger partial charge is 0.326 e. The van der Waals surface area contributed by atoms with Crippen LogP contribution in [-0.2, 0) is 16.0 Å². The van der Waals surface area contributed by atoms with Gasteiger partial charge in [-0.05, 0) is 31.5 Å². The number of rotatable bonds is 5. The third kappa shape index (κ3) is 3.29. The van der Waals surface area contributed by atoms with Crippen LogP contribution in [0.5, 0.6) is 0 Å². The number of carbonyl (C=O) groups is 1. The minimum absolute atomic E-state index is 0.263. The molecule has 0 saturated carbocycles. The molecule has 1 aromatic carbocycles. The van der Waals surface area contributed by atoms with E-state index in [1.54, 1.807) is 24.7 Å². The van der Waals surface area contributed by atoms with Crippen molar-refractivity contribution in [3.05, 3.63) is 48.3 Å². The summed E-state index contributed by atoms with van der Waals surface area (Å²) >= 11 is 0. The van der Waals surface area contributed by atoms with Crippen molar-refractivity contribution < 1.29 is 9.53 Å². The summed E-state index contributed by atoms with van der Waals surface area (Å²) in [7, 11) is 0. The van der Waals surface area contributed by atoms with Gasteiger partial charge in [-0.25, -0.2) is 4.68 Å². The van der Waals surface area contributed by atoms with Crippen molar-refractivity contribution in [1.82, 2.24) is 9.78 Å². The van der Waals surface area contributed by atoms with Crippen LogP contribution in [0.15, 0.2) is 42.7 Å². The molecule has 1 atom stereocenters. The third-order valence-corrected chi connectivity index (χ3v) is 3.19. The average Bonchev–Trinajstić information content (AvgIpc) is 2.96. The molecule has 0 amide bonds. The Morgan fingerprint density at radius 3 is 2.76 bits per heavy atom. The number of benzene rings is 1. The minimum Gasteiger partial charge on any atom is -0.465 e. The first-order valence-corrected chi connectivity index (χ1v) is 6.76. The first-order valence-electron chi connectivity index (χ1n) is 6.76. The quantitative estimate of drug-likeness (QED) is 0.791. The highest BCUT2D eigenvalue weighted by Crippen LogP contribution is 2.24. The summed E-state index contributed by atoms with van der Waals surface area (Å²) < 4.78 is 6.69. The second-order valence-electron chi connectivity index (χ2n) is 4.97. The average molecular weight is 283 g/mol. The molecule has 2 aromatic rings. The van der Waals surface area contributed by atoms with Crippen LogP contribution in [-0.4, -0.2) is 22.4 Å². The number of nitrogens with zero attached hydrogens (tertiary/aromatic N) is 3. The van der Waals surface area contributed by atoms with Crippen molar-refractivity contribution in [2.24, 2.45) is 5.41 Å². The number of ether oxygens (including phenoxy) is 1. The van der Waals surface area contributed by atoms with E-state index in [0.717, 1.165) is 11.3 Å².